The van der Waals surface area contributed by atoms with Crippen LogP contribution < -0.4 is 0 Å². The molecular formula is C14H12ClN3. The zero-order valence-corrected chi connectivity index (χ0v) is 10.7. The van der Waals surface area contributed by atoms with E-state index in [1.165, 1.54) is 0 Å². The van der Waals surface area contributed by atoms with Crippen LogP contribution >= 0.6 is 11.6 Å². The monoisotopic (exact) mass is 257 g/mol. The lowest BCUT2D eigenvalue weighted by Crippen LogP contribution is -2.03. The van der Waals surface area contributed by atoms with Gasteiger partial charge >= 0.3 is 0 Å². The molecule has 0 amide bonds. The van der Waals surface area contributed by atoms with Gasteiger partial charge < -0.3 is 4.57 Å². The normalized spacial score (nSPS) is 11.0. The van der Waals surface area contributed by atoms with Crippen molar-refractivity contribution in [1.29, 1.82) is 0 Å². The molecule has 1 aromatic heterocycles. The molecule has 0 bridgehead atoms. The number of rotatable bonds is 2. The van der Waals surface area contributed by atoms with Crippen LogP contribution in [-0.2, 0) is 6.54 Å². The van der Waals surface area contributed by atoms with Gasteiger partial charge in [0.1, 0.15) is 5.15 Å². The Morgan fingerprint density at radius 3 is 2.94 bits per heavy atom. The summed E-state index contributed by atoms with van der Waals surface area (Å²) in [6.45, 7) is 2.78. The molecule has 3 nitrogen and oxygen atoms in total. The van der Waals surface area contributed by atoms with Crippen LogP contribution in [0.5, 0.6) is 0 Å². The molecule has 0 saturated carbocycles. The molecule has 18 heavy (non-hydrogen) atoms. The second-order valence-corrected chi connectivity index (χ2v) is 4.68. The maximum absolute atomic E-state index is 5.79. The fourth-order valence-electron chi connectivity index (χ4n) is 2.06. The average molecular weight is 258 g/mol. The van der Waals surface area contributed by atoms with E-state index < -0.39 is 0 Å². The lowest BCUT2D eigenvalue weighted by atomic mass is 10.2. The standard InChI is InChI=1S/C14H12ClN3/c1-10-7-13-12(17-10)3-2-6-18(13)9-11-4-5-14(15)16-8-11/h2-8H,9H2,1H3. The Morgan fingerprint density at radius 1 is 1.28 bits per heavy atom. The van der Waals surface area contributed by atoms with Crippen LogP contribution in [0.25, 0.3) is 11.4 Å². The molecule has 0 radical (unpaired) electrons. The van der Waals surface area contributed by atoms with E-state index in [4.69, 9.17) is 11.6 Å². The van der Waals surface area contributed by atoms with Crippen LogP contribution in [-0.4, -0.2) is 14.5 Å². The van der Waals surface area contributed by atoms with Crippen molar-refractivity contribution in [3.63, 3.8) is 0 Å². The maximum Gasteiger partial charge on any atom is 0.129 e. The fourth-order valence-corrected chi connectivity index (χ4v) is 2.17. The molecule has 3 heterocycles. The molecule has 0 aromatic carbocycles. The van der Waals surface area contributed by atoms with E-state index in [0.717, 1.165) is 29.2 Å². The lowest BCUT2D eigenvalue weighted by molar-refractivity contribution is 0.795. The summed E-state index contributed by atoms with van der Waals surface area (Å²) in [4.78, 5) is 8.57. The minimum Gasteiger partial charge on any atom is -0.342 e. The number of nitrogens with zero attached hydrogens (tertiary/aromatic N) is 3. The SMILES string of the molecule is Cc1cc2n(Cc3ccc(Cl)nc3)cccc-2n1. The van der Waals surface area contributed by atoms with Gasteiger partial charge in [-0.05, 0) is 36.8 Å². The predicted octanol–water partition coefficient (Wildman–Crippen LogP) is 3.39. The van der Waals surface area contributed by atoms with Gasteiger partial charge in [0.05, 0.1) is 11.4 Å². The van der Waals surface area contributed by atoms with Crippen molar-refractivity contribution in [2.75, 3.05) is 0 Å². The summed E-state index contributed by atoms with van der Waals surface area (Å²) in [5.74, 6) is 0. The molecular weight excluding hydrogens is 246 g/mol. The Balaban J connectivity index is 1.98. The molecule has 4 heteroatoms. The minimum atomic E-state index is 0.521. The van der Waals surface area contributed by atoms with Crippen molar-refractivity contribution >= 4 is 11.6 Å². The molecule has 0 atom stereocenters. The summed E-state index contributed by atoms with van der Waals surface area (Å²) >= 11 is 5.79. The van der Waals surface area contributed by atoms with Crippen LogP contribution in [0.2, 0.25) is 5.15 Å². The van der Waals surface area contributed by atoms with Gasteiger partial charge in [0.2, 0.25) is 0 Å². The van der Waals surface area contributed by atoms with Crippen molar-refractivity contribution < 1.29 is 0 Å². The Bertz CT molecular complexity index is 643. The van der Waals surface area contributed by atoms with Gasteiger partial charge in [-0.2, -0.15) is 0 Å². The highest BCUT2D eigenvalue weighted by Crippen LogP contribution is 2.22. The van der Waals surface area contributed by atoms with Crippen molar-refractivity contribution in [2.45, 2.75) is 13.5 Å². The van der Waals surface area contributed by atoms with Gasteiger partial charge in [-0.15, -0.1) is 0 Å². The van der Waals surface area contributed by atoms with Gasteiger partial charge in [0, 0.05) is 24.6 Å². The summed E-state index contributed by atoms with van der Waals surface area (Å²) in [6, 6.07) is 9.94. The predicted molar refractivity (Wildman–Crippen MR) is 71.9 cm³/mol. The fraction of sp³-hybridized carbons (Fsp3) is 0.143. The first-order chi connectivity index (χ1) is 8.72. The topological polar surface area (TPSA) is 30.7 Å². The van der Waals surface area contributed by atoms with Gasteiger partial charge in [-0.3, -0.25) is 4.98 Å². The van der Waals surface area contributed by atoms with E-state index in [1.54, 1.807) is 6.20 Å². The Labute approximate surface area is 110 Å². The molecule has 90 valence electrons. The number of hydrogen-bond acceptors (Lipinski definition) is 2. The number of aromatic nitrogens is 3. The van der Waals surface area contributed by atoms with Gasteiger partial charge in [-0.25, -0.2) is 4.98 Å². The number of aryl methyl sites for hydroxylation is 1. The van der Waals surface area contributed by atoms with Crippen molar-refractivity contribution in [3.8, 4) is 11.4 Å². The summed E-state index contributed by atoms with van der Waals surface area (Å²) in [6.07, 6.45) is 3.86. The smallest absolute Gasteiger partial charge is 0.129 e. The van der Waals surface area contributed by atoms with Crippen LogP contribution in [0, 0.1) is 6.92 Å². The summed E-state index contributed by atoms with van der Waals surface area (Å²) < 4.78 is 2.17. The van der Waals surface area contributed by atoms with E-state index in [2.05, 4.69) is 26.8 Å². The Kier molecular flexibility index (Phi) is 2.76. The number of pyridine rings is 2. The first-order valence-corrected chi connectivity index (χ1v) is 6.13. The van der Waals surface area contributed by atoms with Crippen LogP contribution in [0.3, 0.4) is 0 Å². The second-order valence-electron chi connectivity index (χ2n) is 4.29. The van der Waals surface area contributed by atoms with E-state index >= 15 is 0 Å². The average Bonchev–Trinajstić information content (AvgIpc) is 2.73. The molecule has 0 unspecified atom stereocenters. The van der Waals surface area contributed by atoms with Crippen molar-refractivity contribution in [3.05, 3.63) is 59.1 Å². The third-order valence-electron chi connectivity index (χ3n) is 2.88. The molecule has 0 aliphatic carbocycles. The quantitative estimate of drug-likeness (QED) is 0.659. The zero-order valence-electron chi connectivity index (χ0n) is 9.97. The number of halogens is 1. The van der Waals surface area contributed by atoms with Crippen LogP contribution in [0.1, 0.15) is 11.3 Å². The van der Waals surface area contributed by atoms with Gasteiger partial charge in [0.15, 0.2) is 0 Å². The summed E-state index contributed by atoms with van der Waals surface area (Å²) in [5, 5.41) is 0.521. The molecule has 0 fully saturated rings. The van der Waals surface area contributed by atoms with Crippen molar-refractivity contribution in [2.24, 2.45) is 0 Å². The summed E-state index contributed by atoms with van der Waals surface area (Å²) in [5.41, 5.74) is 4.33. The highest BCUT2D eigenvalue weighted by molar-refractivity contribution is 6.29. The molecule has 0 spiro atoms. The first-order valence-electron chi connectivity index (χ1n) is 5.75. The van der Waals surface area contributed by atoms with Crippen LogP contribution in [0.15, 0.2) is 42.7 Å². The Hall–Kier alpha value is -1.87. The number of hydrogen-bond donors (Lipinski definition) is 0. The third kappa shape index (κ3) is 2.09. The highest BCUT2D eigenvalue weighted by atomic mass is 35.5. The molecule has 2 aliphatic heterocycles. The largest absolute Gasteiger partial charge is 0.342 e. The molecule has 2 aliphatic rings. The first kappa shape index (κ1) is 11.2. The highest BCUT2D eigenvalue weighted by Gasteiger charge is 2.09. The van der Waals surface area contributed by atoms with E-state index in [9.17, 15) is 0 Å². The van der Waals surface area contributed by atoms with E-state index in [1.807, 2.05) is 31.2 Å². The van der Waals surface area contributed by atoms with E-state index in [0.29, 0.717) is 5.15 Å². The van der Waals surface area contributed by atoms with E-state index in [-0.39, 0.29) is 0 Å². The molecule has 1 aromatic rings. The van der Waals surface area contributed by atoms with Gasteiger partial charge in [-0.1, -0.05) is 17.7 Å². The Morgan fingerprint density at radius 2 is 2.17 bits per heavy atom. The minimum absolute atomic E-state index is 0.521. The third-order valence-corrected chi connectivity index (χ3v) is 3.10. The number of fused-ring (bicyclic) bond motifs is 1. The summed E-state index contributed by atoms with van der Waals surface area (Å²) in [7, 11) is 0. The molecule has 0 N–H and O–H groups in total. The molecule has 0 saturated heterocycles. The zero-order chi connectivity index (χ0) is 12.5. The maximum atomic E-state index is 5.79. The van der Waals surface area contributed by atoms with Gasteiger partial charge in [0.25, 0.3) is 0 Å². The second kappa shape index (κ2) is 4.42. The van der Waals surface area contributed by atoms with Crippen molar-refractivity contribution in [1.82, 2.24) is 14.5 Å². The lowest BCUT2D eigenvalue weighted by Gasteiger charge is -2.11. The van der Waals surface area contributed by atoms with Crippen LogP contribution in [0.4, 0.5) is 0 Å². The molecule has 3 rings (SSSR count).